The molecule has 0 aliphatic carbocycles. The van der Waals surface area contributed by atoms with Gasteiger partial charge in [-0.25, -0.2) is 0 Å². The van der Waals surface area contributed by atoms with Crippen LogP contribution in [0.2, 0.25) is 0 Å². The van der Waals surface area contributed by atoms with Crippen molar-refractivity contribution in [2.45, 2.75) is 38.6 Å². The molecule has 0 radical (unpaired) electrons. The average molecular weight is 293 g/mol. The molecule has 1 aliphatic rings. The molecule has 0 saturated carbocycles. The van der Waals surface area contributed by atoms with Crippen LogP contribution in [-0.2, 0) is 4.79 Å². The lowest BCUT2D eigenvalue weighted by atomic mass is 10.1. The summed E-state index contributed by atoms with van der Waals surface area (Å²) in [6.45, 7) is 4.52. The minimum Gasteiger partial charge on any atom is -0.395 e. The lowest BCUT2D eigenvalue weighted by Gasteiger charge is -2.25. The molecule has 116 valence electrons. The number of H-pyrrole nitrogens is 1. The first-order valence-electron chi connectivity index (χ1n) is 7.20. The van der Waals surface area contributed by atoms with Gasteiger partial charge in [0.05, 0.1) is 11.4 Å². The Bertz CT molecular complexity index is 550. The van der Waals surface area contributed by atoms with Crippen molar-refractivity contribution in [2.24, 2.45) is 0 Å². The summed E-state index contributed by atoms with van der Waals surface area (Å²) in [4.78, 5) is 27.9. The Hall–Kier alpha value is -2.05. The zero-order chi connectivity index (χ0) is 15.7. The van der Waals surface area contributed by atoms with E-state index in [0.717, 1.165) is 12.1 Å². The number of amides is 2. The molecule has 0 spiro atoms. The summed E-state index contributed by atoms with van der Waals surface area (Å²) in [6, 6.07) is -0.411. The summed E-state index contributed by atoms with van der Waals surface area (Å²) in [7, 11) is 3.40. The van der Waals surface area contributed by atoms with Crippen LogP contribution in [0.4, 0.5) is 5.69 Å². The predicted octanol–water partition coefficient (Wildman–Crippen LogP) is 0.808. The Labute approximate surface area is 124 Å². The van der Waals surface area contributed by atoms with Gasteiger partial charge in [-0.1, -0.05) is 13.8 Å². The summed E-state index contributed by atoms with van der Waals surface area (Å²) < 4.78 is 0. The van der Waals surface area contributed by atoms with Crippen LogP contribution in [-0.4, -0.2) is 58.5 Å². The maximum absolute atomic E-state index is 12.6. The number of likely N-dealkylation sites (N-methyl/N-ethyl adjacent to an activating group) is 1. The number of hydrogen-bond donors (Lipinski definition) is 2. The molecule has 0 bridgehead atoms. The molecule has 1 aromatic heterocycles. The zero-order valence-electron chi connectivity index (χ0n) is 13.0. The second-order valence-corrected chi connectivity index (χ2v) is 5.94. The molecule has 1 saturated heterocycles. The van der Waals surface area contributed by atoms with Gasteiger partial charge in [-0.15, -0.1) is 0 Å². The molecular formula is C14H23N5O2. The molecule has 1 unspecified atom stereocenters. The van der Waals surface area contributed by atoms with E-state index in [0.29, 0.717) is 18.7 Å². The third kappa shape index (κ3) is 2.72. The minimum atomic E-state index is -0.411. The fourth-order valence-electron chi connectivity index (χ4n) is 2.67. The van der Waals surface area contributed by atoms with Gasteiger partial charge in [0.15, 0.2) is 5.69 Å². The maximum atomic E-state index is 12.6. The summed E-state index contributed by atoms with van der Waals surface area (Å²) >= 11 is 0. The molecule has 1 aromatic rings. The monoisotopic (exact) mass is 293 g/mol. The van der Waals surface area contributed by atoms with Crippen molar-refractivity contribution in [1.82, 2.24) is 20.0 Å². The van der Waals surface area contributed by atoms with Gasteiger partial charge in [-0.3, -0.25) is 14.7 Å². The number of hydrogen-bond acceptors (Lipinski definition) is 4. The number of aromatic amines is 1. The van der Waals surface area contributed by atoms with Crippen molar-refractivity contribution >= 4 is 17.5 Å². The summed E-state index contributed by atoms with van der Waals surface area (Å²) in [6.07, 6.45) is 1.50. The Morgan fingerprint density at radius 2 is 2.10 bits per heavy atom. The lowest BCUT2D eigenvalue weighted by Crippen LogP contribution is -2.45. The molecule has 1 atom stereocenters. The van der Waals surface area contributed by atoms with E-state index >= 15 is 0 Å². The number of anilines is 1. The van der Waals surface area contributed by atoms with E-state index < -0.39 is 6.04 Å². The van der Waals surface area contributed by atoms with Gasteiger partial charge in [0.25, 0.3) is 5.91 Å². The second-order valence-electron chi connectivity index (χ2n) is 5.94. The standard InChI is InChI=1S/C14H23N5O2/c1-8(2)11-10(15)12(17-16-11)14(21)19-7-5-6-9(19)13(20)18(3)4/h8-9H,5-7,15H2,1-4H3,(H,16,17). The van der Waals surface area contributed by atoms with Crippen LogP contribution in [0, 0.1) is 0 Å². The molecule has 2 heterocycles. The molecule has 2 amide bonds. The van der Waals surface area contributed by atoms with Crippen LogP contribution < -0.4 is 5.73 Å². The van der Waals surface area contributed by atoms with Crippen molar-refractivity contribution < 1.29 is 9.59 Å². The highest BCUT2D eigenvalue weighted by Crippen LogP contribution is 2.26. The van der Waals surface area contributed by atoms with Gasteiger partial charge in [0.2, 0.25) is 5.91 Å². The Balaban J connectivity index is 2.25. The quantitative estimate of drug-likeness (QED) is 0.862. The highest BCUT2D eigenvalue weighted by molar-refractivity contribution is 6.00. The molecule has 1 fully saturated rings. The van der Waals surface area contributed by atoms with E-state index in [1.165, 1.54) is 4.90 Å². The number of rotatable bonds is 3. The SMILES string of the molecule is CC(C)c1[nH]nc(C(=O)N2CCCC2C(=O)N(C)C)c1N. The van der Waals surface area contributed by atoms with Gasteiger partial charge in [0, 0.05) is 20.6 Å². The smallest absolute Gasteiger partial charge is 0.277 e. The fraction of sp³-hybridized carbons (Fsp3) is 0.643. The number of carbonyl (C=O) groups excluding carboxylic acids is 2. The van der Waals surface area contributed by atoms with Crippen LogP contribution in [0.15, 0.2) is 0 Å². The summed E-state index contributed by atoms with van der Waals surface area (Å²) in [5.41, 5.74) is 7.38. The molecule has 21 heavy (non-hydrogen) atoms. The molecule has 1 aliphatic heterocycles. The van der Waals surface area contributed by atoms with Gasteiger partial charge in [0.1, 0.15) is 6.04 Å². The predicted molar refractivity (Wildman–Crippen MR) is 79.8 cm³/mol. The van der Waals surface area contributed by atoms with E-state index in [4.69, 9.17) is 5.73 Å². The molecule has 3 N–H and O–H groups in total. The molecule has 0 aromatic carbocycles. The molecule has 7 heteroatoms. The van der Waals surface area contributed by atoms with Crippen LogP contribution in [0.3, 0.4) is 0 Å². The maximum Gasteiger partial charge on any atom is 0.277 e. The highest BCUT2D eigenvalue weighted by atomic mass is 16.2. The number of nitrogens with two attached hydrogens (primary N) is 1. The van der Waals surface area contributed by atoms with Crippen molar-refractivity contribution in [3.05, 3.63) is 11.4 Å². The van der Waals surface area contributed by atoms with Gasteiger partial charge in [-0.2, -0.15) is 5.10 Å². The summed E-state index contributed by atoms with van der Waals surface area (Å²) in [5.74, 6) is -0.163. The zero-order valence-corrected chi connectivity index (χ0v) is 13.0. The van der Waals surface area contributed by atoms with E-state index in [9.17, 15) is 9.59 Å². The van der Waals surface area contributed by atoms with E-state index in [2.05, 4.69) is 10.2 Å². The lowest BCUT2D eigenvalue weighted by molar-refractivity contribution is -0.132. The first kappa shape index (κ1) is 15.3. The molecule has 2 rings (SSSR count). The van der Waals surface area contributed by atoms with E-state index in [-0.39, 0.29) is 23.4 Å². The number of likely N-dealkylation sites (tertiary alicyclic amines) is 1. The largest absolute Gasteiger partial charge is 0.395 e. The fourth-order valence-corrected chi connectivity index (χ4v) is 2.67. The number of carbonyl (C=O) groups is 2. The van der Waals surface area contributed by atoms with Crippen LogP contribution >= 0.6 is 0 Å². The Morgan fingerprint density at radius 3 is 2.62 bits per heavy atom. The highest BCUT2D eigenvalue weighted by Gasteiger charge is 2.37. The summed E-state index contributed by atoms with van der Waals surface area (Å²) in [5, 5.41) is 6.88. The van der Waals surface area contributed by atoms with E-state index in [1.54, 1.807) is 19.0 Å². The van der Waals surface area contributed by atoms with Gasteiger partial charge >= 0.3 is 0 Å². The molecule has 7 nitrogen and oxygen atoms in total. The first-order valence-corrected chi connectivity index (χ1v) is 7.20. The third-order valence-electron chi connectivity index (χ3n) is 3.85. The van der Waals surface area contributed by atoms with Crippen molar-refractivity contribution in [3.8, 4) is 0 Å². The van der Waals surface area contributed by atoms with Gasteiger partial charge < -0.3 is 15.5 Å². The van der Waals surface area contributed by atoms with Crippen molar-refractivity contribution in [2.75, 3.05) is 26.4 Å². The Kier molecular flexibility index (Phi) is 4.20. The van der Waals surface area contributed by atoms with Crippen LogP contribution in [0.5, 0.6) is 0 Å². The average Bonchev–Trinajstić information content (AvgIpc) is 3.03. The van der Waals surface area contributed by atoms with Crippen molar-refractivity contribution in [3.63, 3.8) is 0 Å². The molecular weight excluding hydrogens is 270 g/mol. The number of nitrogens with zero attached hydrogens (tertiary/aromatic N) is 3. The minimum absolute atomic E-state index is 0.0564. The third-order valence-corrected chi connectivity index (χ3v) is 3.85. The number of nitrogens with one attached hydrogen (secondary N) is 1. The Morgan fingerprint density at radius 1 is 1.43 bits per heavy atom. The second kappa shape index (κ2) is 5.75. The van der Waals surface area contributed by atoms with Crippen LogP contribution in [0.1, 0.15) is 48.8 Å². The topological polar surface area (TPSA) is 95.3 Å². The van der Waals surface area contributed by atoms with Gasteiger partial charge in [-0.05, 0) is 18.8 Å². The van der Waals surface area contributed by atoms with E-state index in [1.807, 2.05) is 13.8 Å². The first-order chi connectivity index (χ1) is 9.84. The number of nitrogen functional groups attached to an aromatic ring is 1. The number of aromatic nitrogens is 2. The van der Waals surface area contributed by atoms with Crippen LogP contribution in [0.25, 0.3) is 0 Å². The normalized spacial score (nSPS) is 18.3. The van der Waals surface area contributed by atoms with Crippen molar-refractivity contribution in [1.29, 1.82) is 0 Å².